The van der Waals surface area contributed by atoms with Gasteiger partial charge in [0.1, 0.15) is 0 Å². The normalized spacial score (nSPS) is 11.3. The molecule has 0 aliphatic carbocycles. The van der Waals surface area contributed by atoms with Gasteiger partial charge in [-0.1, -0.05) is 37.3 Å². The van der Waals surface area contributed by atoms with Crippen LogP contribution in [0.1, 0.15) is 18.1 Å². The molecule has 2 aromatic carbocycles. The van der Waals surface area contributed by atoms with Gasteiger partial charge in [0.15, 0.2) is 0 Å². The van der Waals surface area contributed by atoms with Gasteiger partial charge in [-0.2, -0.15) is 0 Å². The van der Waals surface area contributed by atoms with Gasteiger partial charge in [0.2, 0.25) is 0 Å². The van der Waals surface area contributed by atoms with E-state index in [0.717, 1.165) is 12.0 Å². The Hall–Kier alpha value is -1.85. The van der Waals surface area contributed by atoms with Gasteiger partial charge in [-0.15, -0.1) is 0 Å². The van der Waals surface area contributed by atoms with E-state index in [-0.39, 0.29) is 11.5 Å². The summed E-state index contributed by atoms with van der Waals surface area (Å²) in [7, 11) is -3.69. The van der Waals surface area contributed by atoms with Crippen LogP contribution in [0, 0.1) is 0 Å². The first kappa shape index (κ1) is 14.6. The zero-order valence-corrected chi connectivity index (χ0v) is 12.0. The second-order valence-electron chi connectivity index (χ2n) is 4.43. The van der Waals surface area contributed by atoms with E-state index in [0.29, 0.717) is 11.3 Å². The molecule has 0 aliphatic rings. The molecule has 0 amide bonds. The molecule has 0 saturated carbocycles. The summed E-state index contributed by atoms with van der Waals surface area (Å²) < 4.78 is 27.3. The van der Waals surface area contributed by atoms with Gasteiger partial charge in [0.05, 0.1) is 11.5 Å². The molecule has 0 aromatic heterocycles. The van der Waals surface area contributed by atoms with Crippen molar-refractivity contribution in [3.63, 3.8) is 0 Å². The van der Waals surface area contributed by atoms with Crippen molar-refractivity contribution >= 4 is 15.7 Å². The first-order valence-electron chi connectivity index (χ1n) is 6.37. The number of aryl methyl sites for hydroxylation is 1. The van der Waals surface area contributed by atoms with Crippen LogP contribution in [0.5, 0.6) is 0 Å². The predicted molar refractivity (Wildman–Crippen MR) is 79.0 cm³/mol. The maximum Gasteiger partial charge on any atom is 0.262 e. The zero-order valence-electron chi connectivity index (χ0n) is 11.2. The summed E-state index contributed by atoms with van der Waals surface area (Å²) in [6.45, 7) is 1.70. The lowest BCUT2D eigenvalue weighted by molar-refractivity contribution is 0.278. The Morgan fingerprint density at radius 1 is 1.10 bits per heavy atom. The van der Waals surface area contributed by atoms with E-state index in [9.17, 15) is 13.5 Å². The Balaban J connectivity index is 2.35. The number of sulfonamides is 1. The number of hydrogen-bond donors (Lipinski definition) is 2. The van der Waals surface area contributed by atoms with Gasteiger partial charge < -0.3 is 5.11 Å². The highest BCUT2D eigenvalue weighted by atomic mass is 32.2. The smallest absolute Gasteiger partial charge is 0.262 e. The quantitative estimate of drug-likeness (QED) is 0.889. The topological polar surface area (TPSA) is 66.4 Å². The van der Waals surface area contributed by atoms with Crippen molar-refractivity contribution in [2.75, 3.05) is 4.72 Å². The molecule has 0 heterocycles. The summed E-state index contributed by atoms with van der Waals surface area (Å²) in [5.74, 6) is 0. The van der Waals surface area contributed by atoms with Crippen LogP contribution in [0.25, 0.3) is 0 Å². The Labute approximate surface area is 119 Å². The second kappa shape index (κ2) is 6.07. The maximum absolute atomic E-state index is 12.4. The van der Waals surface area contributed by atoms with Crippen molar-refractivity contribution in [3.8, 4) is 0 Å². The van der Waals surface area contributed by atoms with Crippen LogP contribution >= 0.6 is 0 Å². The molecule has 20 heavy (non-hydrogen) atoms. The highest BCUT2D eigenvalue weighted by Gasteiger charge is 2.17. The fourth-order valence-corrected chi connectivity index (χ4v) is 3.24. The molecule has 4 nitrogen and oxygen atoms in total. The summed E-state index contributed by atoms with van der Waals surface area (Å²) in [5.41, 5.74) is 1.96. The second-order valence-corrected chi connectivity index (χ2v) is 6.08. The van der Waals surface area contributed by atoms with E-state index in [1.54, 1.807) is 30.3 Å². The minimum atomic E-state index is -3.69. The third-order valence-corrected chi connectivity index (χ3v) is 4.50. The van der Waals surface area contributed by atoms with Gasteiger partial charge in [0.25, 0.3) is 10.0 Å². The molecule has 0 bridgehead atoms. The van der Waals surface area contributed by atoms with E-state index < -0.39 is 10.0 Å². The van der Waals surface area contributed by atoms with Crippen molar-refractivity contribution in [2.45, 2.75) is 24.8 Å². The molecular formula is C15H17NO3S. The van der Waals surface area contributed by atoms with Crippen molar-refractivity contribution < 1.29 is 13.5 Å². The molecule has 106 valence electrons. The van der Waals surface area contributed by atoms with Crippen LogP contribution in [0.15, 0.2) is 53.4 Å². The summed E-state index contributed by atoms with van der Waals surface area (Å²) >= 11 is 0. The zero-order chi connectivity index (χ0) is 14.6. The van der Waals surface area contributed by atoms with Crippen molar-refractivity contribution in [1.82, 2.24) is 0 Å². The highest BCUT2D eigenvalue weighted by Crippen LogP contribution is 2.20. The highest BCUT2D eigenvalue weighted by molar-refractivity contribution is 7.92. The number of anilines is 1. The lowest BCUT2D eigenvalue weighted by Crippen LogP contribution is -2.15. The number of nitrogens with one attached hydrogen (secondary N) is 1. The fourth-order valence-electron chi connectivity index (χ4n) is 1.96. The molecule has 0 aliphatic heterocycles. The molecule has 0 unspecified atom stereocenters. The van der Waals surface area contributed by atoms with Gasteiger partial charge in [0, 0.05) is 5.69 Å². The first-order valence-corrected chi connectivity index (χ1v) is 7.85. The first-order chi connectivity index (χ1) is 9.56. The summed E-state index contributed by atoms with van der Waals surface area (Å²) in [4.78, 5) is 0.101. The number of benzene rings is 2. The minimum absolute atomic E-state index is 0.101. The minimum Gasteiger partial charge on any atom is -0.392 e. The molecule has 2 N–H and O–H groups in total. The summed E-state index contributed by atoms with van der Waals surface area (Å²) in [6, 6.07) is 13.7. The van der Waals surface area contributed by atoms with E-state index in [2.05, 4.69) is 4.72 Å². The van der Waals surface area contributed by atoms with Gasteiger partial charge in [-0.3, -0.25) is 4.72 Å². The third-order valence-electron chi connectivity index (χ3n) is 3.02. The Bertz CT molecular complexity index is 696. The summed E-state index contributed by atoms with van der Waals surface area (Å²) in [6.07, 6.45) is 0.836. The average molecular weight is 291 g/mol. The van der Waals surface area contributed by atoms with Gasteiger partial charge in [-0.05, 0) is 35.7 Å². The van der Waals surface area contributed by atoms with Crippen molar-refractivity contribution in [1.29, 1.82) is 0 Å². The van der Waals surface area contributed by atoms with Crippen molar-refractivity contribution in [3.05, 3.63) is 59.7 Å². The number of rotatable bonds is 5. The Kier molecular flexibility index (Phi) is 4.42. The molecule has 0 spiro atoms. The molecule has 0 fully saturated rings. The van der Waals surface area contributed by atoms with Gasteiger partial charge >= 0.3 is 0 Å². The molecule has 5 heteroatoms. The van der Waals surface area contributed by atoms with Crippen LogP contribution in [-0.2, 0) is 23.1 Å². The standard InChI is InChI=1S/C15H17NO3S/c1-2-12-6-5-8-14(10-12)16-20(18,19)15-9-4-3-7-13(15)11-17/h3-10,16-17H,2,11H2,1H3. The lowest BCUT2D eigenvalue weighted by Gasteiger charge is -2.11. The van der Waals surface area contributed by atoms with Crippen LogP contribution in [0.4, 0.5) is 5.69 Å². The predicted octanol–water partition coefficient (Wildman–Crippen LogP) is 2.54. The fraction of sp³-hybridized carbons (Fsp3) is 0.200. The molecule has 2 aromatic rings. The van der Waals surface area contributed by atoms with Crippen LogP contribution in [-0.4, -0.2) is 13.5 Å². The average Bonchev–Trinajstić information content (AvgIpc) is 2.47. The van der Waals surface area contributed by atoms with Crippen LogP contribution in [0.2, 0.25) is 0 Å². The number of aliphatic hydroxyl groups is 1. The molecular weight excluding hydrogens is 274 g/mol. The SMILES string of the molecule is CCc1cccc(NS(=O)(=O)c2ccccc2CO)c1. The Morgan fingerprint density at radius 3 is 2.55 bits per heavy atom. The lowest BCUT2D eigenvalue weighted by atomic mass is 10.1. The molecule has 2 rings (SSSR count). The molecule has 0 radical (unpaired) electrons. The van der Waals surface area contributed by atoms with E-state index in [1.165, 1.54) is 6.07 Å². The third kappa shape index (κ3) is 3.18. The largest absolute Gasteiger partial charge is 0.392 e. The monoisotopic (exact) mass is 291 g/mol. The maximum atomic E-state index is 12.4. The number of hydrogen-bond acceptors (Lipinski definition) is 3. The number of aliphatic hydroxyl groups excluding tert-OH is 1. The summed E-state index contributed by atoms with van der Waals surface area (Å²) in [5, 5.41) is 9.24. The molecule has 0 atom stereocenters. The van der Waals surface area contributed by atoms with E-state index in [4.69, 9.17) is 0 Å². The Morgan fingerprint density at radius 2 is 1.85 bits per heavy atom. The molecule has 0 saturated heterocycles. The van der Waals surface area contributed by atoms with Crippen LogP contribution in [0.3, 0.4) is 0 Å². The van der Waals surface area contributed by atoms with Gasteiger partial charge in [-0.25, -0.2) is 8.42 Å². The van der Waals surface area contributed by atoms with E-state index in [1.807, 2.05) is 19.1 Å². The van der Waals surface area contributed by atoms with E-state index >= 15 is 0 Å². The van der Waals surface area contributed by atoms with Crippen LogP contribution < -0.4 is 4.72 Å². The van der Waals surface area contributed by atoms with Crippen molar-refractivity contribution in [2.24, 2.45) is 0 Å².